The van der Waals surface area contributed by atoms with Gasteiger partial charge in [-0.1, -0.05) is 96.1 Å². The van der Waals surface area contributed by atoms with Crippen LogP contribution in [0.3, 0.4) is 0 Å². The van der Waals surface area contributed by atoms with E-state index in [0.717, 1.165) is 0 Å². The Kier molecular flexibility index (Phi) is 26.8. The minimum atomic E-state index is 0. The van der Waals surface area contributed by atoms with Crippen LogP contribution in [0.4, 0.5) is 0 Å². The second-order valence-corrected chi connectivity index (χ2v) is 7.79. The van der Waals surface area contributed by atoms with Crippen LogP contribution in [0.25, 0.3) is 0 Å². The molecule has 2 nitrogen and oxygen atoms in total. The van der Waals surface area contributed by atoms with Gasteiger partial charge in [0.25, 0.3) is 0 Å². The summed E-state index contributed by atoms with van der Waals surface area (Å²) in [7, 11) is 0. The van der Waals surface area contributed by atoms with Crippen LogP contribution in [0.2, 0.25) is 0 Å². The molecule has 0 saturated heterocycles. The van der Waals surface area contributed by atoms with Gasteiger partial charge in [-0.3, -0.25) is 0 Å². The second-order valence-electron chi connectivity index (χ2n) is 7.79. The van der Waals surface area contributed by atoms with Crippen LogP contribution in [0.15, 0.2) is 61.2 Å². The lowest BCUT2D eigenvalue weighted by atomic mass is 10.0. The third-order valence-corrected chi connectivity index (χ3v) is 5.15. The first-order valence-corrected chi connectivity index (χ1v) is 11.8. The number of aromatic nitrogens is 2. The maximum atomic E-state index is 2.89. The van der Waals surface area contributed by atoms with Crippen LogP contribution in [-0.4, -0.2) is 0 Å². The molecular formula is C26H44Cl2N2. The molecule has 2 aromatic rings. The van der Waals surface area contributed by atoms with E-state index in [0.29, 0.717) is 0 Å². The van der Waals surface area contributed by atoms with Crippen molar-refractivity contribution in [3.63, 3.8) is 0 Å². The Morgan fingerprint density at radius 2 is 0.900 bits per heavy atom. The van der Waals surface area contributed by atoms with E-state index in [9.17, 15) is 0 Å². The molecule has 0 aromatic carbocycles. The fraction of sp³-hybridized carbons (Fsp3) is 0.615. The van der Waals surface area contributed by atoms with Gasteiger partial charge in [0, 0.05) is 30.7 Å². The number of nitrogens with zero attached hydrogens (tertiary/aromatic N) is 1. The molecule has 2 heterocycles. The van der Waals surface area contributed by atoms with Crippen molar-refractivity contribution in [3.8, 4) is 0 Å². The Morgan fingerprint density at radius 3 is 1.27 bits per heavy atom. The highest BCUT2D eigenvalue weighted by atomic mass is 35.5. The summed E-state index contributed by atoms with van der Waals surface area (Å²) in [5, 5.41) is 0. The van der Waals surface area contributed by atoms with Crippen LogP contribution < -0.4 is 34.4 Å². The minimum absolute atomic E-state index is 0. The molecule has 0 fully saturated rings. The van der Waals surface area contributed by atoms with Crippen molar-refractivity contribution in [2.24, 2.45) is 0 Å². The molecule has 1 N–H and O–H groups in total. The van der Waals surface area contributed by atoms with E-state index >= 15 is 0 Å². The van der Waals surface area contributed by atoms with E-state index in [1.54, 1.807) is 0 Å². The molecule has 2 aromatic heterocycles. The number of halogens is 2. The summed E-state index contributed by atoms with van der Waals surface area (Å²) in [5.41, 5.74) is 0. The van der Waals surface area contributed by atoms with E-state index in [2.05, 4.69) is 47.1 Å². The molecular weight excluding hydrogens is 411 g/mol. The number of rotatable bonds is 15. The topological polar surface area (TPSA) is 18.0 Å². The van der Waals surface area contributed by atoms with Gasteiger partial charge in [-0.15, -0.1) is 0 Å². The zero-order chi connectivity index (χ0) is 20.0. The predicted octanol–water partition coefficient (Wildman–Crippen LogP) is 0.964. The summed E-state index contributed by atoms with van der Waals surface area (Å²) in [6.45, 7) is 3.47. The highest BCUT2D eigenvalue weighted by Gasteiger charge is 1.98. The number of hydrogen-bond acceptors (Lipinski definition) is 0. The smallest absolute Gasteiger partial charge is 0.168 e. The Morgan fingerprint density at radius 1 is 0.500 bits per heavy atom. The normalized spacial score (nSPS) is 9.63. The molecule has 4 heteroatoms. The van der Waals surface area contributed by atoms with Gasteiger partial charge in [-0.05, 0) is 6.42 Å². The number of nitrogens with one attached hydrogen (secondary N) is 1. The van der Waals surface area contributed by atoms with Crippen molar-refractivity contribution in [1.82, 2.24) is 0 Å². The summed E-state index contributed by atoms with van der Waals surface area (Å²) in [5.74, 6) is 0. The van der Waals surface area contributed by atoms with Crippen molar-refractivity contribution >= 4 is 0 Å². The lowest BCUT2D eigenvalue weighted by Crippen LogP contribution is -3.00. The summed E-state index contributed by atoms with van der Waals surface area (Å²) in [6, 6.07) is 12.2. The van der Waals surface area contributed by atoms with Crippen molar-refractivity contribution in [1.29, 1.82) is 0 Å². The first-order chi connectivity index (χ1) is 13.9. The quantitative estimate of drug-likeness (QED) is 0.282. The molecule has 172 valence electrons. The molecule has 0 aliphatic rings. The Labute approximate surface area is 198 Å². The van der Waals surface area contributed by atoms with E-state index in [1.165, 1.54) is 96.4 Å². The molecule has 0 atom stereocenters. The van der Waals surface area contributed by atoms with E-state index in [-0.39, 0.29) is 24.8 Å². The molecule has 0 radical (unpaired) electrons. The summed E-state index contributed by atoms with van der Waals surface area (Å²) in [4.78, 5) is 2.89. The zero-order valence-electron chi connectivity index (χ0n) is 19.1. The Hall–Kier alpha value is -1.12. The summed E-state index contributed by atoms with van der Waals surface area (Å²) < 4.78 is 2.29. The van der Waals surface area contributed by atoms with Crippen LogP contribution in [-0.2, 0) is 6.54 Å². The van der Waals surface area contributed by atoms with E-state index in [1.807, 2.05) is 30.6 Å². The molecule has 0 aliphatic heterocycles. The fourth-order valence-corrected chi connectivity index (χ4v) is 3.41. The van der Waals surface area contributed by atoms with Crippen LogP contribution in [0.1, 0.15) is 96.8 Å². The van der Waals surface area contributed by atoms with Gasteiger partial charge >= 0.3 is 0 Å². The maximum absolute atomic E-state index is 2.89. The molecule has 30 heavy (non-hydrogen) atoms. The summed E-state index contributed by atoms with van der Waals surface area (Å²) >= 11 is 0. The first-order valence-electron chi connectivity index (χ1n) is 11.8. The maximum Gasteiger partial charge on any atom is 0.168 e. The highest BCUT2D eigenvalue weighted by molar-refractivity contribution is 4.83. The molecule has 0 aliphatic carbocycles. The number of pyridine rings is 2. The average Bonchev–Trinajstić information content (AvgIpc) is 2.76. The van der Waals surface area contributed by atoms with Crippen molar-refractivity contribution < 1.29 is 34.4 Å². The largest absolute Gasteiger partial charge is 1.00 e. The molecule has 0 unspecified atom stereocenters. The molecule has 0 spiro atoms. The Bertz CT molecular complexity index is 496. The third-order valence-electron chi connectivity index (χ3n) is 5.15. The molecule has 0 amide bonds. The monoisotopic (exact) mass is 454 g/mol. The van der Waals surface area contributed by atoms with Gasteiger partial charge in [0.05, 0.1) is 0 Å². The van der Waals surface area contributed by atoms with E-state index < -0.39 is 0 Å². The third kappa shape index (κ3) is 21.6. The second kappa shape index (κ2) is 25.9. The SMILES string of the molecule is CCCCCCCCCCCCCCCC[n+]1ccccc1.[Cl-].[Cl-].c1cc[nH+]cc1. The van der Waals surface area contributed by atoms with Crippen molar-refractivity contribution in [2.45, 2.75) is 103 Å². The molecule has 2 rings (SSSR count). The van der Waals surface area contributed by atoms with Gasteiger partial charge < -0.3 is 24.8 Å². The lowest BCUT2D eigenvalue weighted by Gasteiger charge is -2.02. The standard InChI is InChI=1S/C21H38N.C5H5N.2ClH/c1-2-3-4-5-6-7-8-9-10-11-12-13-14-16-19-22-20-17-15-18-21-22;1-2-4-6-5-3-1;;/h15,17-18,20-21H,2-14,16,19H2,1H3;1-5H;2*1H/q+1;;;/p-1. The van der Waals surface area contributed by atoms with Gasteiger partial charge in [0.1, 0.15) is 6.54 Å². The van der Waals surface area contributed by atoms with Crippen LogP contribution in [0.5, 0.6) is 0 Å². The first kappa shape index (κ1) is 31.1. The average molecular weight is 456 g/mol. The van der Waals surface area contributed by atoms with E-state index in [4.69, 9.17) is 0 Å². The number of unbranched alkanes of at least 4 members (excludes halogenated alkanes) is 13. The Balaban J connectivity index is 0. The molecule has 0 saturated carbocycles. The van der Waals surface area contributed by atoms with Crippen molar-refractivity contribution in [3.05, 3.63) is 61.2 Å². The van der Waals surface area contributed by atoms with Crippen molar-refractivity contribution in [2.75, 3.05) is 0 Å². The highest BCUT2D eigenvalue weighted by Crippen LogP contribution is 2.12. The van der Waals surface area contributed by atoms with Crippen LogP contribution >= 0.6 is 0 Å². The van der Waals surface area contributed by atoms with Gasteiger partial charge in [0.15, 0.2) is 24.8 Å². The predicted molar refractivity (Wildman–Crippen MR) is 120 cm³/mol. The zero-order valence-corrected chi connectivity index (χ0v) is 20.6. The number of H-pyrrole nitrogens is 1. The minimum Gasteiger partial charge on any atom is -1.00 e. The van der Waals surface area contributed by atoms with Gasteiger partial charge in [0.2, 0.25) is 0 Å². The number of aryl methyl sites for hydroxylation is 1. The van der Waals surface area contributed by atoms with Crippen LogP contribution in [0, 0.1) is 0 Å². The molecule has 0 bridgehead atoms. The number of hydrogen-bond donors (Lipinski definition) is 0. The summed E-state index contributed by atoms with van der Waals surface area (Å²) in [6.07, 6.45) is 28.2. The lowest BCUT2D eigenvalue weighted by molar-refractivity contribution is -0.697. The van der Waals surface area contributed by atoms with Gasteiger partial charge in [-0.25, -0.2) is 9.55 Å². The fourth-order valence-electron chi connectivity index (χ4n) is 3.41. The van der Waals surface area contributed by atoms with Gasteiger partial charge in [-0.2, -0.15) is 0 Å². The number of aromatic amines is 1.